The van der Waals surface area contributed by atoms with E-state index in [9.17, 15) is 18.0 Å². The fourth-order valence-corrected chi connectivity index (χ4v) is 1.77. The van der Waals surface area contributed by atoms with E-state index in [4.69, 9.17) is 6.42 Å². The molecule has 1 aliphatic heterocycles. The zero-order chi connectivity index (χ0) is 12.6. The Kier molecular flexibility index (Phi) is 2.80. The van der Waals surface area contributed by atoms with E-state index in [-0.39, 0.29) is 30.5 Å². The normalized spacial score (nSPS) is 19.5. The minimum Gasteiger partial charge on any atom is -0.311 e. The van der Waals surface area contributed by atoms with E-state index >= 15 is 0 Å². The summed E-state index contributed by atoms with van der Waals surface area (Å²) < 4.78 is 38.8. The van der Waals surface area contributed by atoms with E-state index in [1.807, 2.05) is 0 Å². The Labute approximate surface area is 96.0 Å². The summed E-state index contributed by atoms with van der Waals surface area (Å²) in [6.45, 7) is 0.194. The van der Waals surface area contributed by atoms with Gasteiger partial charge in [-0.25, -0.2) is 13.2 Å². The van der Waals surface area contributed by atoms with Crippen molar-refractivity contribution in [1.82, 2.24) is 0 Å². The molecule has 1 aromatic carbocycles. The summed E-state index contributed by atoms with van der Waals surface area (Å²) in [6, 6.07) is 1.57. The molecule has 17 heavy (non-hydrogen) atoms. The summed E-state index contributed by atoms with van der Waals surface area (Å²) in [4.78, 5) is 12.7. The van der Waals surface area contributed by atoms with Gasteiger partial charge in [-0.15, -0.1) is 12.3 Å². The van der Waals surface area contributed by atoms with Crippen LogP contribution in [0.4, 0.5) is 18.9 Å². The summed E-state index contributed by atoms with van der Waals surface area (Å²) >= 11 is 0. The Bertz CT molecular complexity index is 498. The fourth-order valence-electron chi connectivity index (χ4n) is 1.77. The van der Waals surface area contributed by atoms with Crippen LogP contribution in [0.15, 0.2) is 12.1 Å². The first-order valence-corrected chi connectivity index (χ1v) is 4.94. The van der Waals surface area contributed by atoms with Gasteiger partial charge in [0.05, 0.1) is 0 Å². The highest BCUT2D eigenvalue weighted by Gasteiger charge is 2.30. The Balaban J connectivity index is 2.36. The Morgan fingerprint density at radius 2 is 1.88 bits per heavy atom. The van der Waals surface area contributed by atoms with Crippen molar-refractivity contribution in [3.63, 3.8) is 0 Å². The lowest BCUT2D eigenvalue weighted by Gasteiger charge is -2.16. The molecule has 5 heteroatoms. The van der Waals surface area contributed by atoms with Gasteiger partial charge in [0.25, 0.3) is 0 Å². The molecule has 0 bridgehead atoms. The standard InChI is InChI=1S/C12H8F3NO/c1-2-7-3-11(17)16(6-7)8-4-9(13)12(15)10(14)5-8/h1,4-5,7H,3,6H2. The van der Waals surface area contributed by atoms with Gasteiger partial charge in [-0.1, -0.05) is 0 Å². The van der Waals surface area contributed by atoms with Crippen LogP contribution < -0.4 is 4.90 Å². The smallest absolute Gasteiger partial charge is 0.228 e. The summed E-state index contributed by atoms with van der Waals surface area (Å²) in [5, 5.41) is 0. The molecule has 0 radical (unpaired) electrons. The van der Waals surface area contributed by atoms with Gasteiger partial charge in [0.15, 0.2) is 17.5 Å². The molecule has 0 aliphatic carbocycles. The minimum atomic E-state index is -1.55. The second-order valence-corrected chi connectivity index (χ2v) is 3.80. The first kappa shape index (κ1) is 11.5. The zero-order valence-electron chi connectivity index (χ0n) is 8.71. The Morgan fingerprint density at radius 1 is 1.29 bits per heavy atom. The SMILES string of the molecule is C#CC1CC(=O)N(c2cc(F)c(F)c(F)c2)C1. The monoisotopic (exact) mass is 239 g/mol. The number of halogens is 3. The number of anilines is 1. The second-order valence-electron chi connectivity index (χ2n) is 3.80. The fraction of sp³-hybridized carbons (Fsp3) is 0.250. The number of carbonyl (C=O) groups is 1. The average Bonchev–Trinajstić information content (AvgIpc) is 2.67. The van der Waals surface area contributed by atoms with Crippen LogP contribution in [0.3, 0.4) is 0 Å². The number of rotatable bonds is 1. The molecular weight excluding hydrogens is 231 g/mol. The van der Waals surface area contributed by atoms with Crippen molar-refractivity contribution < 1.29 is 18.0 Å². The van der Waals surface area contributed by atoms with Crippen molar-refractivity contribution in [2.24, 2.45) is 5.92 Å². The number of nitrogens with zero attached hydrogens (tertiary/aromatic N) is 1. The van der Waals surface area contributed by atoms with E-state index in [1.165, 1.54) is 0 Å². The summed E-state index contributed by atoms with van der Waals surface area (Å²) in [5.74, 6) is -2.38. The molecule has 2 nitrogen and oxygen atoms in total. The highest BCUT2D eigenvalue weighted by Crippen LogP contribution is 2.27. The van der Waals surface area contributed by atoms with Crippen LogP contribution in [0.2, 0.25) is 0 Å². The highest BCUT2D eigenvalue weighted by atomic mass is 19.2. The largest absolute Gasteiger partial charge is 0.311 e. The van der Waals surface area contributed by atoms with E-state index in [1.54, 1.807) is 0 Å². The van der Waals surface area contributed by atoms with Crippen molar-refractivity contribution in [2.75, 3.05) is 11.4 Å². The highest BCUT2D eigenvalue weighted by molar-refractivity contribution is 5.96. The third-order valence-corrected chi connectivity index (χ3v) is 2.64. The molecule has 0 saturated carbocycles. The quantitative estimate of drug-likeness (QED) is 0.542. The molecule has 0 spiro atoms. The van der Waals surface area contributed by atoms with Crippen LogP contribution in [0.25, 0.3) is 0 Å². The molecule has 1 aromatic rings. The van der Waals surface area contributed by atoms with Crippen molar-refractivity contribution in [3.05, 3.63) is 29.6 Å². The predicted octanol–water partition coefficient (Wildman–Crippen LogP) is 2.09. The summed E-state index contributed by atoms with van der Waals surface area (Å²) in [7, 11) is 0. The van der Waals surface area contributed by atoms with Crippen molar-refractivity contribution in [3.8, 4) is 12.3 Å². The molecule has 1 heterocycles. The van der Waals surface area contributed by atoms with Crippen LogP contribution in [0.5, 0.6) is 0 Å². The molecule has 1 fully saturated rings. The van der Waals surface area contributed by atoms with Gasteiger partial charge in [0.1, 0.15) is 0 Å². The molecule has 88 valence electrons. The third kappa shape index (κ3) is 1.98. The van der Waals surface area contributed by atoms with Gasteiger partial charge < -0.3 is 4.90 Å². The number of terminal acetylenes is 1. The maximum absolute atomic E-state index is 13.0. The first-order valence-electron chi connectivity index (χ1n) is 4.94. The van der Waals surface area contributed by atoms with Crippen LogP contribution in [0, 0.1) is 35.7 Å². The van der Waals surface area contributed by atoms with Gasteiger partial charge in [0, 0.05) is 36.7 Å². The molecule has 1 aliphatic rings. The molecule has 2 rings (SSSR count). The van der Waals surface area contributed by atoms with Crippen LogP contribution >= 0.6 is 0 Å². The summed E-state index contributed by atoms with van der Waals surface area (Å²) in [5.41, 5.74) is -0.0100. The van der Waals surface area contributed by atoms with Crippen molar-refractivity contribution in [2.45, 2.75) is 6.42 Å². The van der Waals surface area contributed by atoms with Crippen LogP contribution in [0.1, 0.15) is 6.42 Å². The van der Waals surface area contributed by atoms with E-state index in [0.717, 1.165) is 17.0 Å². The average molecular weight is 239 g/mol. The number of hydrogen-bond acceptors (Lipinski definition) is 1. The number of carbonyl (C=O) groups excluding carboxylic acids is 1. The topological polar surface area (TPSA) is 20.3 Å². The maximum atomic E-state index is 13.0. The zero-order valence-corrected chi connectivity index (χ0v) is 8.71. The van der Waals surface area contributed by atoms with Gasteiger partial charge in [-0.3, -0.25) is 4.79 Å². The molecule has 1 saturated heterocycles. The van der Waals surface area contributed by atoms with Gasteiger partial charge >= 0.3 is 0 Å². The van der Waals surface area contributed by atoms with Gasteiger partial charge in [-0.2, -0.15) is 0 Å². The second kappa shape index (κ2) is 4.13. The molecule has 1 amide bonds. The van der Waals surface area contributed by atoms with Crippen molar-refractivity contribution >= 4 is 11.6 Å². The Morgan fingerprint density at radius 3 is 2.35 bits per heavy atom. The predicted molar refractivity (Wildman–Crippen MR) is 55.6 cm³/mol. The minimum absolute atomic E-state index is 0.0100. The summed E-state index contributed by atoms with van der Waals surface area (Å²) in [6.07, 6.45) is 5.32. The molecule has 0 N–H and O–H groups in total. The van der Waals surface area contributed by atoms with E-state index in [0.29, 0.717) is 0 Å². The molecule has 0 aromatic heterocycles. The third-order valence-electron chi connectivity index (χ3n) is 2.64. The lowest BCUT2D eigenvalue weighted by Crippen LogP contribution is -2.24. The van der Waals surface area contributed by atoms with Gasteiger partial charge in [0.2, 0.25) is 5.91 Å². The maximum Gasteiger partial charge on any atom is 0.228 e. The van der Waals surface area contributed by atoms with Gasteiger partial charge in [-0.05, 0) is 0 Å². The van der Waals surface area contributed by atoms with Crippen molar-refractivity contribution in [1.29, 1.82) is 0 Å². The number of hydrogen-bond donors (Lipinski definition) is 0. The molecule has 1 atom stereocenters. The number of benzene rings is 1. The molecular formula is C12H8F3NO. The van der Waals surface area contributed by atoms with Crippen LogP contribution in [-0.2, 0) is 4.79 Å². The van der Waals surface area contributed by atoms with Crippen LogP contribution in [-0.4, -0.2) is 12.5 Å². The first-order chi connectivity index (χ1) is 8.02. The Hall–Kier alpha value is -1.96. The lowest BCUT2D eigenvalue weighted by atomic mass is 10.1. The van der Waals surface area contributed by atoms with E-state index < -0.39 is 17.5 Å². The molecule has 1 unspecified atom stereocenters. The number of amides is 1. The lowest BCUT2D eigenvalue weighted by molar-refractivity contribution is -0.117. The van der Waals surface area contributed by atoms with E-state index in [2.05, 4.69) is 5.92 Å².